The molecule has 588 valence electrons. The number of hydrogen-bond acceptors (Lipinski definition) is 18. The number of carboxylic acid groups (broad SMARTS) is 1. The zero-order valence-corrected chi connectivity index (χ0v) is 61.1. The van der Waals surface area contributed by atoms with Gasteiger partial charge in [-0.1, -0.05) is 76.1 Å². The number of imidazole rings is 1. The van der Waals surface area contributed by atoms with Crippen molar-refractivity contribution in [2.45, 2.75) is 228 Å². The molecule has 1 aromatic heterocycles. The standard InChI is InChI=1S/C70H108N22O15/c1-4-5-19-48(66(104)92-33-16-26-54(92)65(103)90-52(68(106)107)35-41-17-7-6-8-18-41)86-58(96)44-20-9-10-21-45(59(97)89-51(36-42-37-76-39-80-42)63(101)83-43(22-11-12-29-71)57(95)79-38-56(94)82-44)84-62(100)50(34-40(2)3)88-60(98)46(23-13-30-77-69(72)73)85-64(102)53-25-15-32-91(53)67(105)49(24-14-31-78-70(74)75)87-61(99)47-27-28-55(93)81-47/h6-10,17-18,37,39-40,43-54H,4-5,11-16,19-36,38,71H2,1-3H3,(H,76,80)(H,79,95)(H,81,93)(H,82,94)(H,83,101)(H,84,100)(H,85,102)(H,86,96)(H,87,99)(H,88,98)(H,89,97)(H,90,103)(H,106,107)(H4,72,73,77)(H4,74,75,78)/b10-9-/t43-,44-,45-,46-,47-,48-,49-,50-,51-,52-,53-,54-/m0/s1. The molecule has 3 fully saturated rings. The SMILES string of the molecule is CCCC[C@H](NC(=O)[C@@H]1C/C=C\C[C@H](NC(=O)[C@H](CC(C)C)NC(=O)[C@H](CCCN=C(N)N)NC(=O)[C@@H]2CCCN2C(=O)[C@H](CCCN=C(N)N)NC(=O)[C@@H]2CCC(=O)N2)C(=O)N[C@@H](Cc2cnc[nH]2)C(=O)N[C@@H](CCCCN)C(=O)NCC(=O)N1)C(=O)N1CCC[C@H]1C(=O)N[C@@H](Cc1ccccc1)C(=O)O. The van der Waals surface area contributed by atoms with Crippen LogP contribution in [0.1, 0.15) is 154 Å². The highest BCUT2D eigenvalue weighted by molar-refractivity contribution is 6.00. The van der Waals surface area contributed by atoms with Gasteiger partial charge in [0.1, 0.15) is 72.5 Å². The Morgan fingerprint density at radius 2 is 1.19 bits per heavy atom. The van der Waals surface area contributed by atoms with Crippen LogP contribution in [0.4, 0.5) is 0 Å². The number of aliphatic imine (C=N–C) groups is 2. The van der Waals surface area contributed by atoms with Crippen LogP contribution in [0.2, 0.25) is 0 Å². The number of carboxylic acids is 1. The number of carbonyl (C=O) groups is 14. The Balaban J connectivity index is 1.29. The summed E-state index contributed by atoms with van der Waals surface area (Å²) in [6, 6.07) is -6.88. The lowest BCUT2D eigenvalue weighted by Crippen LogP contribution is -2.60. The van der Waals surface area contributed by atoms with Crippen LogP contribution in [0.5, 0.6) is 0 Å². The molecule has 37 heteroatoms. The highest BCUT2D eigenvalue weighted by Gasteiger charge is 2.43. The monoisotopic (exact) mass is 1500 g/mol. The van der Waals surface area contributed by atoms with Gasteiger partial charge in [-0.2, -0.15) is 0 Å². The van der Waals surface area contributed by atoms with E-state index in [1.54, 1.807) is 44.2 Å². The highest BCUT2D eigenvalue weighted by atomic mass is 16.4. The van der Waals surface area contributed by atoms with Gasteiger partial charge >= 0.3 is 5.97 Å². The maximum Gasteiger partial charge on any atom is 0.326 e. The number of unbranched alkanes of at least 4 members (excludes halogenated alkanes) is 2. The number of nitrogens with two attached hydrogens (primary N) is 5. The van der Waals surface area contributed by atoms with Crippen LogP contribution in [0.15, 0.2) is 65.0 Å². The van der Waals surface area contributed by atoms with E-state index in [4.69, 9.17) is 28.7 Å². The first-order chi connectivity index (χ1) is 51.2. The number of aliphatic carboxylic acids is 1. The van der Waals surface area contributed by atoms with Crippen LogP contribution in [0, 0.1) is 5.92 Å². The number of hydrogen-bond donors (Lipinski definition) is 18. The molecule has 0 unspecified atom stereocenters. The predicted octanol–water partition coefficient (Wildman–Crippen LogP) is -4.16. The first-order valence-electron chi connectivity index (χ1n) is 36.8. The average molecular weight is 1500 g/mol. The third-order valence-corrected chi connectivity index (χ3v) is 18.6. The molecule has 5 heterocycles. The fourth-order valence-electron chi connectivity index (χ4n) is 13.0. The Labute approximate surface area is 621 Å². The minimum Gasteiger partial charge on any atom is -0.480 e. The Morgan fingerprint density at radius 3 is 1.75 bits per heavy atom. The molecule has 0 radical (unpaired) electrons. The number of guanidine groups is 2. The molecule has 1 aromatic carbocycles. The van der Waals surface area contributed by atoms with E-state index in [1.165, 1.54) is 34.5 Å². The summed E-state index contributed by atoms with van der Waals surface area (Å²) in [5.41, 5.74) is 29.2. The zero-order chi connectivity index (χ0) is 78.1. The van der Waals surface area contributed by atoms with Crippen molar-refractivity contribution in [3.8, 4) is 0 Å². The number of amides is 13. The summed E-state index contributed by atoms with van der Waals surface area (Å²) in [5.74, 6) is -11.7. The summed E-state index contributed by atoms with van der Waals surface area (Å²) >= 11 is 0. The van der Waals surface area contributed by atoms with Gasteiger partial charge in [-0.3, -0.25) is 72.3 Å². The van der Waals surface area contributed by atoms with Gasteiger partial charge in [0.25, 0.3) is 0 Å². The number of nitrogens with zero attached hydrogens (tertiary/aromatic N) is 5. The van der Waals surface area contributed by atoms with Gasteiger partial charge in [0, 0.05) is 57.3 Å². The van der Waals surface area contributed by atoms with Crippen LogP contribution in [0.25, 0.3) is 0 Å². The third kappa shape index (κ3) is 27.9. The molecule has 37 nitrogen and oxygen atoms in total. The first kappa shape index (κ1) is 85.2. The molecule has 0 spiro atoms. The van der Waals surface area contributed by atoms with E-state index < -0.39 is 156 Å². The summed E-state index contributed by atoms with van der Waals surface area (Å²) in [4.78, 5) is 215. The molecule has 3 saturated heterocycles. The third-order valence-electron chi connectivity index (χ3n) is 18.6. The molecular formula is C70H108N22O15. The minimum absolute atomic E-state index is 0.00731. The zero-order valence-electron chi connectivity index (χ0n) is 61.1. The average Bonchev–Trinajstić information content (AvgIpc) is 1.43. The largest absolute Gasteiger partial charge is 0.480 e. The Morgan fingerprint density at radius 1 is 0.617 bits per heavy atom. The molecular weight excluding hydrogens is 1390 g/mol. The molecule has 2 aromatic rings. The highest BCUT2D eigenvalue weighted by Crippen LogP contribution is 2.24. The van der Waals surface area contributed by atoms with Gasteiger partial charge in [-0.05, 0) is 121 Å². The van der Waals surface area contributed by atoms with Gasteiger partial charge in [0.05, 0.1) is 12.9 Å². The number of nitrogens with one attached hydrogen (secondary N) is 12. The second-order valence-corrected chi connectivity index (χ2v) is 27.6. The first-order valence-corrected chi connectivity index (χ1v) is 36.8. The molecule has 23 N–H and O–H groups in total. The molecule has 4 aliphatic heterocycles. The molecule has 12 atom stereocenters. The predicted molar refractivity (Wildman–Crippen MR) is 391 cm³/mol. The smallest absolute Gasteiger partial charge is 0.326 e. The van der Waals surface area contributed by atoms with Crippen LogP contribution in [-0.4, -0.2) is 231 Å². The fraction of sp³-hybridized carbons (Fsp3) is 0.614. The molecule has 6 rings (SSSR count). The van der Waals surface area contributed by atoms with Crippen molar-refractivity contribution in [2.24, 2.45) is 44.6 Å². The van der Waals surface area contributed by atoms with E-state index >= 15 is 4.79 Å². The molecule has 13 amide bonds. The van der Waals surface area contributed by atoms with Crippen molar-refractivity contribution in [3.05, 3.63) is 66.3 Å². The number of rotatable bonds is 36. The Hall–Kier alpha value is -10.8. The van der Waals surface area contributed by atoms with Crippen LogP contribution in [-0.2, 0) is 80.0 Å². The number of carbonyl (C=O) groups excluding carboxylic acids is 13. The summed E-state index contributed by atoms with van der Waals surface area (Å²) in [6.45, 7) is 5.25. The second kappa shape index (κ2) is 43.6. The van der Waals surface area contributed by atoms with Crippen molar-refractivity contribution in [1.29, 1.82) is 0 Å². The van der Waals surface area contributed by atoms with Crippen LogP contribution >= 0.6 is 0 Å². The van der Waals surface area contributed by atoms with Gasteiger partial charge in [-0.25, -0.2) is 9.78 Å². The van der Waals surface area contributed by atoms with E-state index in [0.717, 1.165) is 0 Å². The normalized spacial score (nSPS) is 21.7. The van der Waals surface area contributed by atoms with Crippen molar-refractivity contribution in [3.63, 3.8) is 0 Å². The number of H-pyrrole nitrogens is 1. The van der Waals surface area contributed by atoms with Gasteiger partial charge in [0.2, 0.25) is 76.8 Å². The van der Waals surface area contributed by atoms with Crippen LogP contribution in [0.3, 0.4) is 0 Å². The lowest BCUT2D eigenvalue weighted by Gasteiger charge is -2.31. The second-order valence-electron chi connectivity index (χ2n) is 27.6. The molecule has 4 aliphatic rings. The Bertz CT molecular complexity index is 3480. The molecule has 107 heavy (non-hydrogen) atoms. The number of aromatic amines is 1. The lowest BCUT2D eigenvalue weighted by atomic mass is 10.0. The van der Waals surface area contributed by atoms with E-state index in [2.05, 4.69) is 78.4 Å². The fourth-order valence-corrected chi connectivity index (χ4v) is 13.0. The quantitative estimate of drug-likeness (QED) is 0.0133. The van der Waals surface area contributed by atoms with Gasteiger partial charge < -0.3 is 107 Å². The lowest BCUT2D eigenvalue weighted by molar-refractivity contribution is -0.145. The summed E-state index contributed by atoms with van der Waals surface area (Å²) in [7, 11) is 0. The number of likely N-dealkylation sites (tertiary alicyclic amines) is 2. The molecule has 0 bridgehead atoms. The topological polar surface area (TPSA) is 582 Å². The summed E-state index contributed by atoms with van der Waals surface area (Å²) in [5, 5.41) is 39.6. The minimum atomic E-state index is -1.59. The van der Waals surface area contributed by atoms with E-state index in [-0.39, 0.29) is 153 Å². The summed E-state index contributed by atoms with van der Waals surface area (Å²) in [6.07, 6.45) is 8.20. The van der Waals surface area contributed by atoms with Crippen LogP contribution < -0.4 is 87.2 Å². The number of aromatic nitrogens is 2. The Kier molecular flexibility index (Phi) is 34.7. The number of benzene rings is 1. The van der Waals surface area contributed by atoms with Gasteiger partial charge in [-0.15, -0.1) is 0 Å². The maximum atomic E-state index is 15.0. The van der Waals surface area contributed by atoms with Gasteiger partial charge in [0.15, 0.2) is 11.9 Å². The van der Waals surface area contributed by atoms with Crippen molar-refractivity contribution in [2.75, 3.05) is 39.3 Å². The van der Waals surface area contributed by atoms with E-state index in [0.29, 0.717) is 49.8 Å². The van der Waals surface area contributed by atoms with Crippen molar-refractivity contribution in [1.82, 2.24) is 78.3 Å². The van der Waals surface area contributed by atoms with E-state index in [9.17, 15) is 67.4 Å². The van der Waals surface area contributed by atoms with Crippen molar-refractivity contribution < 1.29 is 72.2 Å². The van der Waals surface area contributed by atoms with Crippen molar-refractivity contribution >= 4 is 94.7 Å². The summed E-state index contributed by atoms with van der Waals surface area (Å²) < 4.78 is 0. The molecule has 0 aliphatic carbocycles. The maximum absolute atomic E-state index is 15.0. The molecule has 0 saturated carbocycles. The van der Waals surface area contributed by atoms with E-state index in [1.807, 2.05) is 6.92 Å².